The van der Waals surface area contributed by atoms with E-state index in [1.807, 2.05) is 24.8 Å². The number of rotatable bonds is 8. The van der Waals surface area contributed by atoms with Gasteiger partial charge in [-0.15, -0.1) is 0 Å². The normalized spacial score (nSPS) is 20.0. The second-order valence-electron chi connectivity index (χ2n) is 9.42. The summed E-state index contributed by atoms with van der Waals surface area (Å²) in [5, 5.41) is 4.12. The van der Waals surface area contributed by atoms with Crippen LogP contribution in [0.2, 0.25) is 0 Å². The molecule has 168 valence electrons. The number of ether oxygens (including phenoxy) is 1. The molecule has 1 aromatic heterocycles. The Labute approximate surface area is 184 Å². The summed E-state index contributed by atoms with van der Waals surface area (Å²) in [7, 11) is 2.06. The Morgan fingerprint density at radius 3 is 2.77 bits per heavy atom. The van der Waals surface area contributed by atoms with Crippen LogP contribution in [0.4, 0.5) is 0 Å². The van der Waals surface area contributed by atoms with E-state index in [4.69, 9.17) is 9.26 Å². The Hall–Kier alpha value is -2.41. The summed E-state index contributed by atoms with van der Waals surface area (Å²) in [5.41, 5.74) is 2.27. The van der Waals surface area contributed by atoms with Crippen molar-refractivity contribution >= 4 is 5.91 Å². The highest BCUT2D eigenvalue weighted by molar-refractivity contribution is 5.81. The lowest BCUT2D eigenvalue weighted by molar-refractivity contribution is -0.137. The number of carbonyl (C=O) groups excluding carboxylic acids is 1. The van der Waals surface area contributed by atoms with Gasteiger partial charge in [0.15, 0.2) is 11.9 Å². The third-order valence-electron chi connectivity index (χ3n) is 6.34. The molecule has 1 amide bonds. The van der Waals surface area contributed by atoms with E-state index in [1.165, 1.54) is 0 Å². The zero-order chi connectivity index (χ0) is 22.1. The van der Waals surface area contributed by atoms with Crippen molar-refractivity contribution < 1.29 is 14.1 Å². The van der Waals surface area contributed by atoms with Gasteiger partial charge >= 0.3 is 0 Å². The van der Waals surface area contributed by atoms with Gasteiger partial charge in [0.05, 0.1) is 6.54 Å². The molecule has 0 N–H and O–H groups in total. The number of carbonyl (C=O) groups is 1. The molecule has 0 radical (unpaired) electrons. The molecular formula is C24H34N4O3. The van der Waals surface area contributed by atoms with E-state index in [9.17, 15) is 4.79 Å². The molecule has 2 aromatic rings. The first-order valence-electron chi connectivity index (χ1n) is 11.4. The molecule has 0 unspecified atom stereocenters. The van der Waals surface area contributed by atoms with Gasteiger partial charge in [-0.05, 0) is 63.3 Å². The van der Waals surface area contributed by atoms with Gasteiger partial charge in [-0.1, -0.05) is 31.1 Å². The molecule has 1 saturated heterocycles. The monoisotopic (exact) mass is 426 g/mol. The number of hydrogen-bond acceptors (Lipinski definition) is 6. The van der Waals surface area contributed by atoms with E-state index in [2.05, 4.69) is 48.1 Å². The smallest absolute Gasteiger partial charge is 0.263 e. The summed E-state index contributed by atoms with van der Waals surface area (Å²) in [4.78, 5) is 21.7. The SMILES string of the molecule is Cc1ccc(C(C)C)c(O[C@@H](C)C(=O)N2CC[C@@H](N(C)Cc3noc(C4CC4)n3)C2)c1. The summed E-state index contributed by atoms with van der Waals surface area (Å²) in [5.74, 6) is 3.17. The van der Waals surface area contributed by atoms with Crippen LogP contribution in [-0.2, 0) is 11.3 Å². The molecule has 0 bridgehead atoms. The summed E-state index contributed by atoms with van der Waals surface area (Å²) >= 11 is 0. The van der Waals surface area contributed by atoms with Crippen LogP contribution >= 0.6 is 0 Å². The van der Waals surface area contributed by atoms with Gasteiger partial charge < -0.3 is 14.2 Å². The zero-order valence-electron chi connectivity index (χ0n) is 19.3. The lowest BCUT2D eigenvalue weighted by Gasteiger charge is -2.25. The van der Waals surface area contributed by atoms with Crippen LogP contribution in [0.25, 0.3) is 0 Å². The number of hydrogen-bond donors (Lipinski definition) is 0. The minimum Gasteiger partial charge on any atom is -0.481 e. The highest BCUT2D eigenvalue weighted by Gasteiger charge is 2.33. The fourth-order valence-corrected chi connectivity index (χ4v) is 4.20. The molecule has 2 heterocycles. The molecular weight excluding hydrogens is 392 g/mol. The highest BCUT2D eigenvalue weighted by atomic mass is 16.5. The maximum atomic E-state index is 13.1. The number of likely N-dealkylation sites (tertiary alicyclic amines) is 1. The Balaban J connectivity index is 1.32. The van der Waals surface area contributed by atoms with Gasteiger partial charge in [0.1, 0.15) is 5.75 Å². The molecule has 1 saturated carbocycles. The predicted octanol–water partition coefficient (Wildman–Crippen LogP) is 3.88. The number of amides is 1. The number of aryl methyl sites for hydroxylation is 1. The first-order chi connectivity index (χ1) is 14.8. The molecule has 4 rings (SSSR count). The number of aromatic nitrogens is 2. The molecule has 2 atom stereocenters. The number of nitrogens with zero attached hydrogens (tertiary/aromatic N) is 4. The minimum absolute atomic E-state index is 0.0442. The second-order valence-corrected chi connectivity index (χ2v) is 9.42. The summed E-state index contributed by atoms with van der Waals surface area (Å²) in [6.07, 6.45) is 2.73. The van der Waals surface area contributed by atoms with Gasteiger partial charge in [0, 0.05) is 25.0 Å². The molecule has 31 heavy (non-hydrogen) atoms. The standard InChI is InChI=1S/C24H34N4O3/c1-15(2)20-9-6-16(3)12-21(20)30-17(4)24(29)28-11-10-19(13-28)27(5)14-22-25-23(31-26-22)18-7-8-18/h6,9,12,15,17-19H,7-8,10-11,13-14H2,1-5H3/t17-,19+/m0/s1. The first-order valence-corrected chi connectivity index (χ1v) is 11.4. The van der Waals surface area contributed by atoms with Gasteiger partial charge in [0.25, 0.3) is 5.91 Å². The quantitative estimate of drug-likeness (QED) is 0.638. The van der Waals surface area contributed by atoms with E-state index in [1.54, 1.807) is 0 Å². The molecule has 2 aliphatic rings. The van der Waals surface area contributed by atoms with Crippen LogP contribution in [0, 0.1) is 6.92 Å². The first kappa shape index (κ1) is 21.8. The van der Waals surface area contributed by atoms with Crippen LogP contribution in [-0.4, -0.2) is 58.1 Å². The van der Waals surface area contributed by atoms with E-state index < -0.39 is 6.10 Å². The van der Waals surface area contributed by atoms with Crippen molar-refractivity contribution in [2.45, 2.75) is 77.5 Å². The number of benzene rings is 1. The van der Waals surface area contributed by atoms with Gasteiger partial charge in [-0.3, -0.25) is 9.69 Å². The van der Waals surface area contributed by atoms with E-state index in [0.29, 0.717) is 24.9 Å². The summed E-state index contributed by atoms with van der Waals surface area (Å²) < 4.78 is 11.5. The van der Waals surface area contributed by atoms with E-state index in [-0.39, 0.29) is 11.9 Å². The summed E-state index contributed by atoms with van der Waals surface area (Å²) in [6.45, 7) is 10.2. The lowest BCUT2D eigenvalue weighted by atomic mass is 10.0. The average molecular weight is 427 g/mol. The van der Waals surface area contributed by atoms with Crippen molar-refractivity contribution in [1.29, 1.82) is 0 Å². The Morgan fingerprint density at radius 2 is 2.06 bits per heavy atom. The van der Waals surface area contributed by atoms with Crippen LogP contribution < -0.4 is 4.74 Å². The zero-order valence-corrected chi connectivity index (χ0v) is 19.3. The van der Waals surface area contributed by atoms with E-state index >= 15 is 0 Å². The van der Waals surface area contributed by atoms with Crippen molar-refractivity contribution in [3.8, 4) is 5.75 Å². The maximum absolute atomic E-state index is 13.1. The van der Waals surface area contributed by atoms with Crippen molar-refractivity contribution in [3.05, 3.63) is 41.0 Å². The van der Waals surface area contributed by atoms with Crippen molar-refractivity contribution in [3.63, 3.8) is 0 Å². The number of likely N-dealkylation sites (N-methyl/N-ethyl adjacent to an activating group) is 1. The highest BCUT2D eigenvalue weighted by Crippen LogP contribution is 2.38. The summed E-state index contributed by atoms with van der Waals surface area (Å²) in [6, 6.07) is 6.50. The molecule has 2 fully saturated rings. The third-order valence-corrected chi connectivity index (χ3v) is 6.34. The average Bonchev–Trinajstić information content (AvgIpc) is 3.26. The second kappa shape index (κ2) is 8.99. The Bertz CT molecular complexity index is 921. The fourth-order valence-electron chi connectivity index (χ4n) is 4.20. The molecule has 1 aliphatic heterocycles. The molecule has 1 aliphatic carbocycles. The Morgan fingerprint density at radius 1 is 1.29 bits per heavy atom. The predicted molar refractivity (Wildman–Crippen MR) is 118 cm³/mol. The Kier molecular flexibility index (Phi) is 6.32. The third kappa shape index (κ3) is 5.09. The van der Waals surface area contributed by atoms with Crippen molar-refractivity contribution in [1.82, 2.24) is 19.9 Å². The van der Waals surface area contributed by atoms with Crippen LogP contribution in [0.5, 0.6) is 5.75 Å². The minimum atomic E-state index is -0.512. The van der Waals surface area contributed by atoms with Gasteiger partial charge in [0.2, 0.25) is 5.89 Å². The largest absolute Gasteiger partial charge is 0.481 e. The van der Waals surface area contributed by atoms with Gasteiger partial charge in [-0.2, -0.15) is 4.98 Å². The van der Waals surface area contributed by atoms with Crippen molar-refractivity contribution in [2.75, 3.05) is 20.1 Å². The molecule has 0 spiro atoms. The molecule has 7 heteroatoms. The van der Waals surface area contributed by atoms with Gasteiger partial charge in [-0.25, -0.2) is 0 Å². The lowest BCUT2D eigenvalue weighted by Crippen LogP contribution is -2.41. The topological polar surface area (TPSA) is 71.7 Å². The molecule has 7 nitrogen and oxygen atoms in total. The van der Waals surface area contributed by atoms with Crippen molar-refractivity contribution in [2.24, 2.45) is 0 Å². The fraction of sp³-hybridized carbons (Fsp3) is 0.625. The van der Waals surface area contributed by atoms with Crippen LogP contribution in [0.15, 0.2) is 22.7 Å². The molecule has 1 aromatic carbocycles. The van der Waals surface area contributed by atoms with Crippen LogP contribution in [0.3, 0.4) is 0 Å². The van der Waals surface area contributed by atoms with E-state index in [0.717, 1.165) is 54.4 Å². The van der Waals surface area contributed by atoms with Crippen LogP contribution in [0.1, 0.15) is 74.7 Å². The maximum Gasteiger partial charge on any atom is 0.263 e.